The summed E-state index contributed by atoms with van der Waals surface area (Å²) >= 11 is 0. The van der Waals surface area contributed by atoms with E-state index in [0.29, 0.717) is 17.6 Å². The predicted octanol–water partition coefficient (Wildman–Crippen LogP) is 4.96. The SMILES string of the molecule is C[C@@H](C[C@H]1CCN(C(=O)COc2ccc(C(=O)O)cc2)C1)c1cccc2ccccc12. The van der Waals surface area contributed by atoms with Crippen molar-refractivity contribution in [3.63, 3.8) is 0 Å². The number of carbonyl (C=O) groups excluding carboxylic acids is 1. The van der Waals surface area contributed by atoms with E-state index in [2.05, 4.69) is 49.4 Å². The molecule has 4 rings (SSSR count). The summed E-state index contributed by atoms with van der Waals surface area (Å²) in [6, 6.07) is 21.1. The minimum atomic E-state index is -0.983. The van der Waals surface area contributed by atoms with Gasteiger partial charge in [-0.25, -0.2) is 4.79 Å². The van der Waals surface area contributed by atoms with Crippen LogP contribution in [0.25, 0.3) is 10.8 Å². The molecule has 0 aliphatic carbocycles. The van der Waals surface area contributed by atoms with Crippen LogP contribution in [0.5, 0.6) is 5.75 Å². The number of amides is 1. The fraction of sp³-hybridized carbons (Fsp3) is 0.308. The van der Waals surface area contributed by atoms with Crippen LogP contribution >= 0.6 is 0 Å². The lowest BCUT2D eigenvalue weighted by Crippen LogP contribution is -2.33. The highest BCUT2D eigenvalue weighted by Crippen LogP contribution is 2.33. The largest absolute Gasteiger partial charge is 0.484 e. The van der Waals surface area contributed by atoms with E-state index < -0.39 is 5.97 Å². The van der Waals surface area contributed by atoms with E-state index in [0.717, 1.165) is 25.9 Å². The molecule has 160 valence electrons. The molecule has 0 unspecified atom stereocenters. The van der Waals surface area contributed by atoms with Gasteiger partial charge in [0, 0.05) is 13.1 Å². The molecule has 3 aromatic rings. The Labute approximate surface area is 182 Å². The molecule has 0 radical (unpaired) electrons. The first-order chi connectivity index (χ1) is 15.0. The molecule has 1 amide bonds. The number of aromatic carboxylic acids is 1. The van der Waals surface area contributed by atoms with Crippen LogP contribution in [-0.4, -0.2) is 41.6 Å². The van der Waals surface area contributed by atoms with Gasteiger partial charge in [-0.15, -0.1) is 0 Å². The number of nitrogens with zero attached hydrogens (tertiary/aromatic N) is 1. The van der Waals surface area contributed by atoms with Crippen LogP contribution in [0.2, 0.25) is 0 Å². The van der Waals surface area contributed by atoms with Gasteiger partial charge in [0.1, 0.15) is 5.75 Å². The van der Waals surface area contributed by atoms with Crippen molar-refractivity contribution in [2.75, 3.05) is 19.7 Å². The van der Waals surface area contributed by atoms with Crippen LogP contribution < -0.4 is 4.74 Å². The fourth-order valence-electron chi connectivity index (χ4n) is 4.49. The Bertz CT molecular complexity index is 1070. The smallest absolute Gasteiger partial charge is 0.335 e. The number of hydrogen-bond acceptors (Lipinski definition) is 3. The highest BCUT2D eigenvalue weighted by molar-refractivity contribution is 5.87. The van der Waals surface area contributed by atoms with E-state index >= 15 is 0 Å². The molecule has 1 fully saturated rings. The van der Waals surface area contributed by atoms with Gasteiger partial charge >= 0.3 is 5.97 Å². The molecule has 0 saturated carbocycles. The number of carboxylic acids is 1. The van der Waals surface area contributed by atoms with E-state index in [4.69, 9.17) is 9.84 Å². The van der Waals surface area contributed by atoms with Gasteiger partial charge in [0.05, 0.1) is 5.56 Å². The molecule has 5 nitrogen and oxygen atoms in total. The topological polar surface area (TPSA) is 66.8 Å². The standard InChI is InChI=1S/C26H27NO4/c1-18(23-8-4-6-20-5-2-3-7-24(20)23)15-19-13-14-27(16-19)25(28)17-31-22-11-9-21(10-12-22)26(29)30/h2-12,18-19H,13-17H2,1H3,(H,29,30)/t18-,19+/m0/s1. The lowest BCUT2D eigenvalue weighted by atomic mass is 9.87. The van der Waals surface area contributed by atoms with Crippen molar-refractivity contribution in [2.24, 2.45) is 5.92 Å². The predicted molar refractivity (Wildman–Crippen MR) is 121 cm³/mol. The van der Waals surface area contributed by atoms with Crippen molar-refractivity contribution in [1.29, 1.82) is 0 Å². The maximum atomic E-state index is 12.6. The maximum absolute atomic E-state index is 12.6. The molecule has 31 heavy (non-hydrogen) atoms. The minimum Gasteiger partial charge on any atom is -0.484 e. The molecular formula is C26H27NO4. The molecule has 0 spiro atoms. The monoisotopic (exact) mass is 417 g/mol. The van der Waals surface area contributed by atoms with E-state index in [9.17, 15) is 9.59 Å². The number of hydrogen-bond donors (Lipinski definition) is 1. The van der Waals surface area contributed by atoms with Crippen molar-refractivity contribution >= 4 is 22.6 Å². The van der Waals surface area contributed by atoms with Gasteiger partial charge < -0.3 is 14.7 Å². The highest BCUT2D eigenvalue weighted by atomic mass is 16.5. The first kappa shape index (κ1) is 20.9. The van der Waals surface area contributed by atoms with Gasteiger partial charge in [0.15, 0.2) is 6.61 Å². The summed E-state index contributed by atoms with van der Waals surface area (Å²) in [5.74, 6) is 0.396. The third-order valence-electron chi connectivity index (χ3n) is 6.14. The van der Waals surface area contributed by atoms with Crippen LogP contribution in [0.4, 0.5) is 0 Å². The maximum Gasteiger partial charge on any atom is 0.335 e. The molecule has 0 aromatic heterocycles. The quantitative estimate of drug-likeness (QED) is 0.590. The Morgan fingerprint density at radius 2 is 1.81 bits per heavy atom. The average Bonchev–Trinajstić information content (AvgIpc) is 3.25. The fourth-order valence-corrected chi connectivity index (χ4v) is 4.49. The number of ether oxygens (including phenoxy) is 1. The molecule has 3 aromatic carbocycles. The average molecular weight is 418 g/mol. The highest BCUT2D eigenvalue weighted by Gasteiger charge is 2.28. The summed E-state index contributed by atoms with van der Waals surface area (Å²) in [6.07, 6.45) is 2.06. The Kier molecular flexibility index (Phi) is 6.21. The van der Waals surface area contributed by atoms with Gasteiger partial charge in [-0.2, -0.15) is 0 Å². The summed E-state index contributed by atoms with van der Waals surface area (Å²) in [4.78, 5) is 25.4. The van der Waals surface area contributed by atoms with Crippen LogP contribution in [0.15, 0.2) is 66.7 Å². The number of carboxylic acid groups (broad SMARTS) is 1. The normalized spacial score (nSPS) is 16.9. The van der Waals surface area contributed by atoms with Crippen LogP contribution in [0, 0.1) is 5.92 Å². The third kappa shape index (κ3) is 4.88. The molecule has 1 heterocycles. The van der Waals surface area contributed by atoms with Gasteiger partial charge in [-0.05, 0) is 65.3 Å². The van der Waals surface area contributed by atoms with Crippen LogP contribution in [0.1, 0.15) is 41.6 Å². The summed E-state index contributed by atoms with van der Waals surface area (Å²) in [7, 11) is 0. The molecule has 5 heteroatoms. The summed E-state index contributed by atoms with van der Waals surface area (Å²) in [6.45, 7) is 3.76. The van der Waals surface area contributed by atoms with Crippen molar-refractivity contribution in [2.45, 2.75) is 25.7 Å². The second-order valence-corrected chi connectivity index (χ2v) is 8.32. The Balaban J connectivity index is 1.30. The zero-order valence-electron chi connectivity index (χ0n) is 17.7. The van der Waals surface area contributed by atoms with Crippen molar-refractivity contribution in [1.82, 2.24) is 4.90 Å². The molecule has 1 saturated heterocycles. The third-order valence-corrected chi connectivity index (χ3v) is 6.14. The Morgan fingerprint density at radius 1 is 1.06 bits per heavy atom. The summed E-state index contributed by atoms with van der Waals surface area (Å²) in [5, 5.41) is 11.5. The van der Waals surface area contributed by atoms with Gasteiger partial charge in [0.25, 0.3) is 5.91 Å². The van der Waals surface area contributed by atoms with Gasteiger partial charge in [-0.3, -0.25) is 4.79 Å². The molecule has 2 atom stereocenters. The number of rotatable bonds is 7. The van der Waals surface area contributed by atoms with Crippen LogP contribution in [-0.2, 0) is 4.79 Å². The lowest BCUT2D eigenvalue weighted by Gasteiger charge is -2.20. The van der Waals surface area contributed by atoms with E-state index in [1.165, 1.54) is 28.5 Å². The second kappa shape index (κ2) is 9.21. The van der Waals surface area contributed by atoms with E-state index in [1.54, 1.807) is 12.1 Å². The molecule has 1 N–H and O–H groups in total. The summed E-state index contributed by atoms with van der Waals surface area (Å²) < 4.78 is 5.56. The zero-order chi connectivity index (χ0) is 21.8. The van der Waals surface area contributed by atoms with Gasteiger partial charge in [0.2, 0.25) is 0 Å². The van der Waals surface area contributed by atoms with Crippen LogP contribution in [0.3, 0.4) is 0 Å². The lowest BCUT2D eigenvalue weighted by molar-refractivity contribution is -0.132. The number of likely N-dealkylation sites (tertiary alicyclic amines) is 1. The van der Waals surface area contributed by atoms with Crippen molar-refractivity contribution in [3.8, 4) is 5.75 Å². The van der Waals surface area contributed by atoms with Gasteiger partial charge in [-0.1, -0.05) is 49.4 Å². The molecular weight excluding hydrogens is 390 g/mol. The minimum absolute atomic E-state index is 0.0253. The first-order valence-corrected chi connectivity index (χ1v) is 10.7. The van der Waals surface area contributed by atoms with Crippen molar-refractivity contribution < 1.29 is 19.4 Å². The zero-order valence-corrected chi connectivity index (χ0v) is 17.7. The Morgan fingerprint density at radius 3 is 2.58 bits per heavy atom. The number of benzene rings is 3. The molecule has 0 bridgehead atoms. The van der Waals surface area contributed by atoms with Crippen molar-refractivity contribution in [3.05, 3.63) is 77.9 Å². The molecule has 1 aliphatic heterocycles. The first-order valence-electron chi connectivity index (χ1n) is 10.7. The van der Waals surface area contributed by atoms with E-state index in [-0.39, 0.29) is 18.1 Å². The number of carbonyl (C=O) groups is 2. The number of fused-ring (bicyclic) bond motifs is 1. The Hall–Kier alpha value is -3.34. The summed E-state index contributed by atoms with van der Waals surface area (Å²) in [5.41, 5.74) is 1.57. The van der Waals surface area contributed by atoms with E-state index in [1.807, 2.05) is 4.90 Å². The molecule has 1 aliphatic rings. The second-order valence-electron chi connectivity index (χ2n) is 8.32.